The minimum Gasteiger partial charge on any atom is -0.318 e. The van der Waals surface area contributed by atoms with Gasteiger partial charge in [0, 0.05) is 13.5 Å². The third-order valence-electron chi connectivity index (χ3n) is 4.05. The molecule has 5 nitrogen and oxygen atoms in total. The minimum absolute atomic E-state index is 0.0264. The Morgan fingerprint density at radius 1 is 1.14 bits per heavy atom. The Labute approximate surface area is 175 Å². The molecule has 3 aromatic rings. The van der Waals surface area contributed by atoms with Crippen LogP contribution in [0.4, 0.5) is 4.39 Å². The highest BCUT2D eigenvalue weighted by Crippen LogP contribution is 2.31. The molecule has 0 aliphatic carbocycles. The quantitative estimate of drug-likeness (QED) is 0.530. The van der Waals surface area contributed by atoms with Crippen LogP contribution in [0.5, 0.6) is 0 Å². The molecule has 1 amide bonds. The van der Waals surface area contributed by atoms with Crippen molar-refractivity contribution < 1.29 is 17.6 Å². The van der Waals surface area contributed by atoms with Gasteiger partial charge in [0.25, 0.3) is 0 Å². The van der Waals surface area contributed by atoms with E-state index in [2.05, 4.69) is 4.99 Å². The third-order valence-corrected chi connectivity index (χ3v) is 7.76. The molecule has 1 aromatic heterocycles. The smallest absolute Gasteiger partial charge is 0.248 e. The van der Waals surface area contributed by atoms with Gasteiger partial charge >= 0.3 is 0 Å². The van der Waals surface area contributed by atoms with Crippen molar-refractivity contribution in [2.24, 2.45) is 12.0 Å². The molecule has 28 heavy (non-hydrogen) atoms. The van der Waals surface area contributed by atoms with E-state index in [-0.39, 0.29) is 23.5 Å². The van der Waals surface area contributed by atoms with Gasteiger partial charge in [-0.2, -0.15) is 4.99 Å². The van der Waals surface area contributed by atoms with Gasteiger partial charge < -0.3 is 4.57 Å². The lowest BCUT2D eigenvalue weighted by atomic mass is 10.3. The Morgan fingerprint density at radius 3 is 2.43 bits per heavy atom. The fourth-order valence-electron chi connectivity index (χ4n) is 2.62. The van der Waals surface area contributed by atoms with E-state index in [1.54, 1.807) is 23.7 Å². The van der Waals surface area contributed by atoms with Gasteiger partial charge in [0.15, 0.2) is 14.6 Å². The summed E-state index contributed by atoms with van der Waals surface area (Å²) < 4.78 is 39.8. The van der Waals surface area contributed by atoms with E-state index in [0.717, 1.165) is 16.8 Å². The molecule has 0 saturated heterocycles. The Morgan fingerprint density at radius 2 is 1.79 bits per heavy atom. The molecule has 0 unspecified atom stereocenters. The molecule has 0 aliphatic heterocycles. The summed E-state index contributed by atoms with van der Waals surface area (Å²) in [6.07, 6.45) is 0.0777. The van der Waals surface area contributed by atoms with Gasteiger partial charge in [-0.05, 0) is 42.8 Å². The van der Waals surface area contributed by atoms with Crippen molar-refractivity contribution in [2.45, 2.75) is 17.7 Å². The van der Waals surface area contributed by atoms with Crippen LogP contribution in [-0.2, 0) is 21.7 Å². The summed E-state index contributed by atoms with van der Waals surface area (Å²) in [5.41, 5.74) is 0.685. The van der Waals surface area contributed by atoms with Gasteiger partial charge in [-0.15, -0.1) is 0 Å². The largest absolute Gasteiger partial charge is 0.318 e. The van der Waals surface area contributed by atoms with Gasteiger partial charge in [-0.1, -0.05) is 34.5 Å². The van der Waals surface area contributed by atoms with Crippen LogP contribution in [0.1, 0.15) is 12.8 Å². The number of fused-ring (bicyclic) bond motifs is 1. The molecule has 0 radical (unpaired) electrons. The van der Waals surface area contributed by atoms with Crippen molar-refractivity contribution in [3.63, 3.8) is 0 Å². The van der Waals surface area contributed by atoms with E-state index in [4.69, 9.17) is 23.2 Å². The van der Waals surface area contributed by atoms with E-state index in [9.17, 15) is 17.6 Å². The zero-order valence-corrected chi connectivity index (χ0v) is 17.8. The summed E-state index contributed by atoms with van der Waals surface area (Å²) in [7, 11) is -1.86. The molecule has 0 atom stereocenters. The molecule has 0 saturated carbocycles. The maximum atomic E-state index is 12.9. The number of amides is 1. The number of benzene rings is 2. The average molecular weight is 461 g/mol. The molecule has 1 heterocycles. The number of carbonyl (C=O) groups is 1. The first-order valence-corrected chi connectivity index (χ1v) is 11.4. The van der Waals surface area contributed by atoms with E-state index in [1.165, 1.54) is 23.5 Å². The lowest BCUT2D eigenvalue weighted by molar-refractivity contribution is -0.118. The number of aryl methyl sites for hydroxylation is 1. The van der Waals surface area contributed by atoms with E-state index < -0.39 is 21.6 Å². The number of nitrogens with zero attached hydrogens (tertiary/aromatic N) is 2. The number of hydrogen-bond donors (Lipinski definition) is 0. The second-order valence-corrected chi connectivity index (χ2v) is 9.93. The number of carbonyl (C=O) groups excluding carboxylic acids is 1. The highest BCUT2D eigenvalue weighted by Gasteiger charge is 2.16. The Hall–Kier alpha value is -1.74. The molecule has 0 fully saturated rings. The summed E-state index contributed by atoms with van der Waals surface area (Å²) in [5, 5.41) is 1.01. The van der Waals surface area contributed by atoms with Crippen molar-refractivity contribution in [3.05, 3.63) is 57.1 Å². The predicted molar refractivity (Wildman–Crippen MR) is 109 cm³/mol. The first kappa shape index (κ1) is 21.0. The fraction of sp³-hybridized carbons (Fsp3) is 0.222. The third kappa shape index (κ3) is 4.46. The van der Waals surface area contributed by atoms with Crippen molar-refractivity contribution in [1.82, 2.24) is 4.57 Å². The molecule has 0 aliphatic rings. The molecular formula is C18H15Cl2FN2O3S2. The van der Waals surface area contributed by atoms with Gasteiger partial charge in [0.1, 0.15) is 5.82 Å². The Kier molecular flexibility index (Phi) is 6.24. The molecule has 148 valence electrons. The Bertz CT molecular complexity index is 1220. The summed E-state index contributed by atoms with van der Waals surface area (Å²) >= 11 is 13.6. The number of rotatable bonds is 5. The van der Waals surface area contributed by atoms with E-state index >= 15 is 0 Å². The first-order chi connectivity index (χ1) is 13.2. The molecule has 0 spiro atoms. The van der Waals surface area contributed by atoms with Crippen LogP contribution < -0.4 is 4.80 Å². The minimum atomic E-state index is -3.58. The normalized spacial score (nSPS) is 12.6. The summed E-state index contributed by atoms with van der Waals surface area (Å²) in [5.74, 6) is -1.18. The van der Waals surface area contributed by atoms with Crippen LogP contribution >= 0.6 is 34.5 Å². The van der Waals surface area contributed by atoms with Crippen molar-refractivity contribution in [2.75, 3.05) is 5.75 Å². The van der Waals surface area contributed by atoms with Gasteiger partial charge in [-0.25, -0.2) is 12.8 Å². The second kappa shape index (κ2) is 8.32. The Balaban J connectivity index is 1.73. The van der Waals surface area contributed by atoms with Crippen LogP contribution in [0.15, 0.2) is 46.3 Å². The van der Waals surface area contributed by atoms with Gasteiger partial charge in [-0.3, -0.25) is 4.79 Å². The standard InChI is InChI=1S/C18H15Cl2FN2O3S2/c1-23-16-13(19)8-9-14(20)17(16)27-18(23)22-15(24)3-2-10-28(25,26)12-6-4-11(21)5-7-12/h4-9H,2-3,10H2,1H3. The first-order valence-electron chi connectivity index (χ1n) is 8.18. The van der Waals surface area contributed by atoms with Crippen molar-refractivity contribution >= 4 is 60.5 Å². The van der Waals surface area contributed by atoms with Crippen LogP contribution in [-0.4, -0.2) is 24.6 Å². The zero-order valence-electron chi connectivity index (χ0n) is 14.7. The maximum Gasteiger partial charge on any atom is 0.248 e. The van der Waals surface area contributed by atoms with Crippen LogP contribution in [0, 0.1) is 5.82 Å². The number of sulfone groups is 1. The second-order valence-electron chi connectivity index (χ2n) is 6.03. The summed E-state index contributed by atoms with van der Waals surface area (Å²) in [6, 6.07) is 7.94. The van der Waals surface area contributed by atoms with Gasteiger partial charge in [0.2, 0.25) is 5.91 Å². The monoisotopic (exact) mass is 460 g/mol. The van der Waals surface area contributed by atoms with E-state index in [0.29, 0.717) is 20.4 Å². The van der Waals surface area contributed by atoms with Crippen molar-refractivity contribution in [3.8, 4) is 0 Å². The number of thiazole rings is 1. The lowest BCUT2D eigenvalue weighted by Gasteiger charge is -2.03. The van der Waals surface area contributed by atoms with E-state index in [1.807, 2.05) is 0 Å². The average Bonchev–Trinajstić information content (AvgIpc) is 2.96. The van der Waals surface area contributed by atoms with Crippen LogP contribution in [0.3, 0.4) is 0 Å². The molecule has 0 bridgehead atoms. The molecule has 2 aromatic carbocycles. The maximum absolute atomic E-state index is 12.9. The van der Waals surface area contributed by atoms with Crippen molar-refractivity contribution in [1.29, 1.82) is 0 Å². The predicted octanol–water partition coefficient (Wildman–Crippen LogP) is 4.37. The SMILES string of the molecule is Cn1c(=NC(=O)CCCS(=O)(=O)c2ccc(F)cc2)sc2c(Cl)ccc(Cl)c21. The number of aromatic nitrogens is 1. The van der Waals surface area contributed by atoms with Crippen LogP contribution in [0.2, 0.25) is 10.0 Å². The number of halogens is 3. The topological polar surface area (TPSA) is 68.5 Å². The fourth-order valence-corrected chi connectivity index (χ4v) is 5.61. The lowest BCUT2D eigenvalue weighted by Crippen LogP contribution is -2.14. The highest BCUT2D eigenvalue weighted by atomic mass is 35.5. The van der Waals surface area contributed by atoms with Gasteiger partial charge in [0.05, 0.1) is 30.9 Å². The molecule has 3 rings (SSSR count). The molecular weight excluding hydrogens is 446 g/mol. The zero-order chi connectivity index (χ0) is 20.5. The number of hydrogen-bond acceptors (Lipinski definition) is 4. The van der Waals surface area contributed by atoms with Crippen LogP contribution in [0.25, 0.3) is 10.2 Å². The molecule has 10 heteroatoms. The highest BCUT2D eigenvalue weighted by molar-refractivity contribution is 7.91. The summed E-state index contributed by atoms with van der Waals surface area (Å²) in [6.45, 7) is 0. The summed E-state index contributed by atoms with van der Waals surface area (Å²) in [4.78, 5) is 16.7. The molecule has 0 N–H and O–H groups in total.